The van der Waals surface area contributed by atoms with Crippen LogP contribution in [-0.4, -0.2) is 5.84 Å². The number of nitrogen functional groups attached to an aromatic ring is 1. The SMILES string of the molecule is CC(OCc1cccc(C(=N)N)c1)c1ccccc1. The van der Waals surface area contributed by atoms with E-state index in [0.717, 1.165) is 16.7 Å². The molecule has 0 heterocycles. The quantitative estimate of drug-likeness (QED) is 0.635. The lowest BCUT2D eigenvalue weighted by Gasteiger charge is -2.13. The molecule has 2 rings (SSSR count). The highest BCUT2D eigenvalue weighted by molar-refractivity contribution is 5.95. The molecule has 0 aliphatic rings. The van der Waals surface area contributed by atoms with Crippen molar-refractivity contribution >= 4 is 5.84 Å². The van der Waals surface area contributed by atoms with Crippen molar-refractivity contribution in [1.29, 1.82) is 5.41 Å². The molecule has 1 unspecified atom stereocenters. The Hall–Kier alpha value is -2.13. The molecule has 2 aromatic rings. The van der Waals surface area contributed by atoms with Crippen LogP contribution in [0.2, 0.25) is 0 Å². The number of nitrogens with two attached hydrogens (primary N) is 1. The lowest BCUT2D eigenvalue weighted by Crippen LogP contribution is -2.11. The first kappa shape index (κ1) is 13.3. The van der Waals surface area contributed by atoms with Gasteiger partial charge >= 0.3 is 0 Å². The van der Waals surface area contributed by atoms with Crippen molar-refractivity contribution in [3.8, 4) is 0 Å². The Kier molecular flexibility index (Phi) is 4.31. The van der Waals surface area contributed by atoms with Crippen LogP contribution in [0.4, 0.5) is 0 Å². The number of rotatable bonds is 5. The summed E-state index contributed by atoms with van der Waals surface area (Å²) in [4.78, 5) is 0. The summed E-state index contributed by atoms with van der Waals surface area (Å²) in [6.45, 7) is 2.54. The van der Waals surface area contributed by atoms with Crippen LogP contribution in [0, 0.1) is 5.41 Å². The average Bonchev–Trinajstić information content (AvgIpc) is 2.46. The van der Waals surface area contributed by atoms with Gasteiger partial charge in [0.25, 0.3) is 0 Å². The van der Waals surface area contributed by atoms with E-state index in [9.17, 15) is 0 Å². The smallest absolute Gasteiger partial charge is 0.122 e. The molecule has 0 saturated carbocycles. The van der Waals surface area contributed by atoms with Gasteiger partial charge in [-0.15, -0.1) is 0 Å². The van der Waals surface area contributed by atoms with Crippen LogP contribution in [0.5, 0.6) is 0 Å². The van der Waals surface area contributed by atoms with E-state index < -0.39 is 0 Å². The average molecular weight is 254 g/mol. The second-order valence-corrected chi connectivity index (χ2v) is 4.48. The fraction of sp³-hybridized carbons (Fsp3) is 0.188. The van der Waals surface area contributed by atoms with E-state index in [1.807, 2.05) is 49.4 Å². The van der Waals surface area contributed by atoms with Crippen LogP contribution in [0.25, 0.3) is 0 Å². The first-order chi connectivity index (χ1) is 9.16. The molecule has 0 spiro atoms. The molecule has 0 aliphatic carbocycles. The lowest BCUT2D eigenvalue weighted by atomic mass is 10.1. The van der Waals surface area contributed by atoms with Gasteiger partial charge in [0, 0.05) is 5.56 Å². The summed E-state index contributed by atoms with van der Waals surface area (Å²) in [5.41, 5.74) is 8.38. The summed E-state index contributed by atoms with van der Waals surface area (Å²) < 4.78 is 5.84. The van der Waals surface area contributed by atoms with Gasteiger partial charge in [0.15, 0.2) is 0 Å². The predicted octanol–water partition coefficient (Wildman–Crippen LogP) is 3.25. The van der Waals surface area contributed by atoms with Crippen molar-refractivity contribution in [3.63, 3.8) is 0 Å². The molecule has 0 radical (unpaired) electrons. The van der Waals surface area contributed by atoms with Crippen LogP contribution < -0.4 is 5.73 Å². The van der Waals surface area contributed by atoms with E-state index in [4.69, 9.17) is 15.9 Å². The van der Waals surface area contributed by atoms with Gasteiger partial charge in [-0.1, -0.05) is 48.5 Å². The van der Waals surface area contributed by atoms with E-state index in [1.165, 1.54) is 0 Å². The fourth-order valence-electron chi connectivity index (χ4n) is 1.87. The zero-order chi connectivity index (χ0) is 13.7. The number of benzene rings is 2. The molecule has 19 heavy (non-hydrogen) atoms. The molecule has 0 bridgehead atoms. The molecular weight excluding hydrogens is 236 g/mol. The van der Waals surface area contributed by atoms with Crippen LogP contribution in [0.3, 0.4) is 0 Å². The van der Waals surface area contributed by atoms with Gasteiger partial charge in [0.1, 0.15) is 5.84 Å². The Bertz CT molecular complexity index is 552. The Labute approximate surface area is 113 Å². The second-order valence-electron chi connectivity index (χ2n) is 4.48. The molecule has 0 aromatic heterocycles. The van der Waals surface area contributed by atoms with Crippen LogP contribution in [0.15, 0.2) is 54.6 Å². The summed E-state index contributed by atoms with van der Waals surface area (Å²) in [6, 6.07) is 17.7. The first-order valence-electron chi connectivity index (χ1n) is 6.26. The van der Waals surface area contributed by atoms with E-state index in [0.29, 0.717) is 6.61 Å². The lowest BCUT2D eigenvalue weighted by molar-refractivity contribution is 0.0525. The predicted molar refractivity (Wildman–Crippen MR) is 77.1 cm³/mol. The molecule has 1 atom stereocenters. The summed E-state index contributed by atoms with van der Waals surface area (Å²) >= 11 is 0. The number of hydrogen-bond acceptors (Lipinski definition) is 2. The van der Waals surface area contributed by atoms with E-state index in [2.05, 4.69) is 12.1 Å². The molecule has 98 valence electrons. The maximum Gasteiger partial charge on any atom is 0.122 e. The van der Waals surface area contributed by atoms with Crippen molar-refractivity contribution in [1.82, 2.24) is 0 Å². The van der Waals surface area contributed by atoms with Gasteiger partial charge in [-0.05, 0) is 24.1 Å². The topological polar surface area (TPSA) is 59.1 Å². The van der Waals surface area contributed by atoms with Crippen molar-refractivity contribution in [2.75, 3.05) is 0 Å². The van der Waals surface area contributed by atoms with Gasteiger partial charge in [-0.2, -0.15) is 0 Å². The maximum atomic E-state index is 7.42. The summed E-state index contributed by atoms with van der Waals surface area (Å²) in [5, 5.41) is 7.42. The molecule has 2 aromatic carbocycles. The minimum Gasteiger partial charge on any atom is -0.384 e. The Morgan fingerprint density at radius 2 is 1.89 bits per heavy atom. The minimum absolute atomic E-state index is 0.0437. The molecule has 0 fully saturated rings. The molecule has 0 saturated heterocycles. The maximum absolute atomic E-state index is 7.42. The summed E-state index contributed by atoms with van der Waals surface area (Å²) in [7, 11) is 0. The standard InChI is InChI=1S/C16H18N2O/c1-12(14-7-3-2-4-8-14)19-11-13-6-5-9-15(10-13)16(17)18/h2-10,12H,11H2,1H3,(H3,17,18). The first-order valence-corrected chi connectivity index (χ1v) is 6.26. The van der Waals surface area contributed by atoms with Crippen LogP contribution in [0.1, 0.15) is 29.7 Å². The molecule has 3 heteroatoms. The van der Waals surface area contributed by atoms with Crippen LogP contribution in [-0.2, 0) is 11.3 Å². The Morgan fingerprint density at radius 1 is 1.16 bits per heavy atom. The van der Waals surface area contributed by atoms with Crippen molar-refractivity contribution in [2.45, 2.75) is 19.6 Å². The third-order valence-electron chi connectivity index (χ3n) is 3.01. The van der Waals surface area contributed by atoms with E-state index >= 15 is 0 Å². The largest absolute Gasteiger partial charge is 0.384 e. The van der Waals surface area contributed by atoms with Crippen molar-refractivity contribution in [2.24, 2.45) is 5.73 Å². The number of nitrogens with one attached hydrogen (secondary N) is 1. The van der Waals surface area contributed by atoms with Gasteiger partial charge in [-0.25, -0.2) is 0 Å². The van der Waals surface area contributed by atoms with Crippen LogP contribution >= 0.6 is 0 Å². The number of hydrogen-bond donors (Lipinski definition) is 2. The second kappa shape index (κ2) is 6.16. The highest BCUT2D eigenvalue weighted by atomic mass is 16.5. The van der Waals surface area contributed by atoms with Gasteiger partial charge < -0.3 is 10.5 Å². The summed E-state index contributed by atoms with van der Waals surface area (Å²) in [5.74, 6) is 0.0814. The van der Waals surface area contributed by atoms with Crippen molar-refractivity contribution in [3.05, 3.63) is 71.3 Å². The Balaban J connectivity index is 1.99. The fourth-order valence-corrected chi connectivity index (χ4v) is 1.87. The summed E-state index contributed by atoms with van der Waals surface area (Å²) in [6.07, 6.45) is 0.0437. The number of amidine groups is 1. The van der Waals surface area contributed by atoms with E-state index in [1.54, 1.807) is 0 Å². The highest BCUT2D eigenvalue weighted by Crippen LogP contribution is 2.18. The van der Waals surface area contributed by atoms with Gasteiger partial charge in [-0.3, -0.25) is 5.41 Å². The third-order valence-corrected chi connectivity index (χ3v) is 3.01. The molecule has 3 N–H and O–H groups in total. The molecule has 0 amide bonds. The zero-order valence-corrected chi connectivity index (χ0v) is 11.0. The highest BCUT2D eigenvalue weighted by Gasteiger charge is 2.05. The molecule has 3 nitrogen and oxygen atoms in total. The van der Waals surface area contributed by atoms with Gasteiger partial charge in [0.05, 0.1) is 12.7 Å². The Morgan fingerprint density at radius 3 is 2.58 bits per heavy atom. The van der Waals surface area contributed by atoms with Gasteiger partial charge in [0.2, 0.25) is 0 Å². The monoisotopic (exact) mass is 254 g/mol. The normalized spacial score (nSPS) is 12.1. The van der Waals surface area contributed by atoms with Crippen molar-refractivity contribution < 1.29 is 4.74 Å². The number of ether oxygens (including phenoxy) is 1. The third kappa shape index (κ3) is 3.66. The van der Waals surface area contributed by atoms with E-state index in [-0.39, 0.29) is 11.9 Å². The zero-order valence-electron chi connectivity index (χ0n) is 11.0. The minimum atomic E-state index is 0.0437. The molecular formula is C16H18N2O. The molecule has 0 aliphatic heterocycles.